The topological polar surface area (TPSA) is 45.0 Å². The summed E-state index contributed by atoms with van der Waals surface area (Å²) in [6.07, 6.45) is 0. The smallest absolute Gasteiger partial charge is 0.135 e. The maximum atomic E-state index is 9.08. The third-order valence-corrected chi connectivity index (χ3v) is 4.12. The average Bonchev–Trinajstić information content (AvgIpc) is 2.46. The van der Waals surface area contributed by atoms with Crippen LogP contribution in [-0.4, -0.2) is 7.11 Å². The zero-order valence-corrected chi connectivity index (χ0v) is 14.0. The van der Waals surface area contributed by atoms with Crippen molar-refractivity contribution < 1.29 is 4.74 Å². The molecular weight excluding hydrogens is 384 g/mol. The molecule has 0 aromatic heterocycles. The molecule has 0 atom stereocenters. The first-order valence-corrected chi connectivity index (χ1v) is 7.49. The molecule has 0 bridgehead atoms. The number of anilines is 1. The summed E-state index contributed by atoms with van der Waals surface area (Å²) >= 11 is 6.94. The molecule has 0 fully saturated rings. The molecule has 0 aliphatic carbocycles. The van der Waals surface area contributed by atoms with E-state index in [0.717, 1.165) is 25.9 Å². The fourth-order valence-electron chi connectivity index (χ4n) is 1.79. The number of hydrogen-bond acceptors (Lipinski definition) is 3. The molecule has 0 heterocycles. The van der Waals surface area contributed by atoms with E-state index < -0.39 is 0 Å². The minimum absolute atomic E-state index is 0.577. The van der Waals surface area contributed by atoms with E-state index in [4.69, 9.17) is 10.00 Å². The lowest BCUT2D eigenvalue weighted by Gasteiger charge is -2.12. The molecule has 0 unspecified atom stereocenters. The van der Waals surface area contributed by atoms with Crippen LogP contribution < -0.4 is 10.1 Å². The van der Waals surface area contributed by atoms with Crippen LogP contribution in [0.2, 0.25) is 0 Å². The Morgan fingerprint density at radius 2 is 1.95 bits per heavy atom. The zero-order chi connectivity index (χ0) is 14.5. The molecule has 0 amide bonds. The van der Waals surface area contributed by atoms with Crippen LogP contribution in [0.1, 0.15) is 11.1 Å². The minimum Gasteiger partial charge on any atom is -0.495 e. The standard InChI is InChI=1S/C15H12Br2N2O/c1-20-15-7-14(12(16)6-13(15)17)19-9-11-5-3-2-4-10(11)8-18/h2-7,19H,9H2,1H3. The summed E-state index contributed by atoms with van der Waals surface area (Å²) in [5.41, 5.74) is 2.56. The third kappa shape index (κ3) is 3.33. The van der Waals surface area contributed by atoms with Gasteiger partial charge in [-0.3, -0.25) is 0 Å². The molecule has 0 saturated carbocycles. The number of rotatable bonds is 4. The second kappa shape index (κ2) is 6.78. The van der Waals surface area contributed by atoms with Crippen molar-refractivity contribution in [2.24, 2.45) is 0 Å². The van der Waals surface area contributed by atoms with Gasteiger partial charge < -0.3 is 10.1 Å². The first-order chi connectivity index (χ1) is 9.65. The van der Waals surface area contributed by atoms with Crippen LogP contribution in [-0.2, 0) is 6.54 Å². The Labute approximate surface area is 134 Å². The molecule has 3 nitrogen and oxygen atoms in total. The maximum Gasteiger partial charge on any atom is 0.135 e. The predicted molar refractivity (Wildman–Crippen MR) is 86.9 cm³/mol. The van der Waals surface area contributed by atoms with Gasteiger partial charge in [-0.1, -0.05) is 18.2 Å². The van der Waals surface area contributed by atoms with Gasteiger partial charge in [-0.05, 0) is 49.6 Å². The van der Waals surface area contributed by atoms with Crippen LogP contribution in [0.3, 0.4) is 0 Å². The van der Waals surface area contributed by atoms with Gasteiger partial charge in [-0.25, -0.2) is 0 Å². The quantitative estimate of drug-likeness (QED) is 0.815. The molecule has 102 valence electrons. The second-order valence-corrected chi connectivity index (χ2v) is 5.80. The summed E-state index contributed by atoms with van der Waals surface area (Å²) in [5, 5.41) is 12.4. The van der Waals surface area contributed by atoms with Crippen LogP contribution >= 0.6 is 31.9 Å². The van der Waals surface area contributed by atoms with Gasteiger partial charge in [0.25, 0.3) is 0 Å². The highest BCUT2D eigenvalue weighted by molar-refractivity contribution is 9.11. The summed E-state index contributed by atoms with van der Waals surface area (Å²) in [4.78, 5) is 0. The van der Waals surface area contributed by atoms with Crippen molar-refractivity contribution in [1.29, 1.82) is 5.26 Å². The van der Waals surface area contributed by atoms with E-state index in [2.05, 4.69) is 43.2 Å². The monoisotopic (exact) mass is 394 g/mol. The number of ether oxygens (including phenoxy) is 1. The first-order valence-electron chi connectivity index (χ1n) is 5.90. The number of benzene rings is 2. The molecule has 2 aromatic carbocycles. The first kappa shape index (κ1) is 14.9. The number of nitriles is 1. The van der Waals surface area contributed by atoms with E-state index in [1.165, 1.54) is 0 Å². The largest absolute Gasteiger partial charge is 0.495 e. The van der Waals surface area contributed by atoms with Crippen molar-refractivity contribution in [3.05, 3.63) is 56.5 Å². The maximum absolute atomic E-state index is 9.08. The highest BCUT2D eigenvalue weighted by Crippen LogP contribution is 2.34. The fraction of sp³-hybridized carbons (Fsp3) is 0.133. The molecule has 2 rings (SSSR count). The predicted octanol–water partition coefficient (Wildman–Crippen LogP) is 4.70. The van der Waals surface area contributed by atoms with Gasteiger partial charge in [0.05, 0.1) is 28.9 Å². The SMILES string of the molecule is COc1cc(NCc2ccccc2C#N)c(Br)cc1Br. The third-order valence-electron chi connectivity index (χ3n) is 2.85. The summed E-state index contributed by atoms with van der Waals surface area (Å²) in [5.74, 6) is 0.754. The van der Waals surface area contributed by atoms with Crippen molar-refractivity contribution in [1.82, 2.24) is 0 Å². The highest BCUT2D eigenvalue weighted by atomic mass is 79.9. The number of nitrogens with one attached hydrogen (secondary N) is 1. The van der Waals surface area contributed by atoms with Crippen molar-refractivity contribution >= 4 is 37.5 Å². The van der Waals surface area contributed by atoms with Gasteiger partial charge in [0.1, 0.15) is 5.75 Å². The van der Waals surface area contributed by atoms with Gasteiger partial charge in [0.15, 0.2) is 0 Å². The zero-order valence-electron chi connectivity index (χ0n) is 10.8. The molecule has 0 spiro atoms. The molecular formula is C15H12Br2N2O. The van der Waals surface area contributed by atoms with E-state index in [-0.39, 0.29) is 0 Å². The summed E-state index contributed by atoms with van der Waals surface area (Å²) in [6, 6.07) is 13.6. The normalized spacial score (nSPS) is 9.90. The van der Waals surface area contributed by atoms with E-state index in [9.17, 15) is 0 Å². The van der Waals surface area contributed by atoms with Gasteiger partial charge >= 0.3 is 0 Å². The summed E-state index contributed by atoms with van der Waals surface area (Å²) in [7, 11) is 1.63. The lowest BCUT2D eigenvalue weighted by molar-refractivity contribution is 0.412. The number of hydrogen-bond donors (Lipinski definition) is 1. The summed E-state index contributed by atoms with van der Waals surface area (Å²) < 4.78 is 7.09. The molecule has 0 radical (unpaired) electrons. The molecule has 5 heteroatoms. The van der Waals surface area contributed by atoms with E-state index >= 15 is 0 Å². The van der Waals surface area contributed by atoms with E-state index in [1.54, 1.807) is 7.11 Å². The lowest BCUT2D eigenvalue weighted by atomic mass is 10.1. The van der Waals surface area contributed by atoms with Gasteiger partial charge in [-0.2, -0.15) is 5.26 Å². The van der Waals surface area contributed by atoms with Crippen LogP contribution in [0.15, 0.2) is 45.3 Å². The molecule has 0 aliphatic rings. The second-order valence-electron chi connectivity index (χ2n) is 4.09. The van der Waals surface area contributed by atoms with Crippen molar-refractivity contribution in [3.8, 4) is 11.8 Å². The Hall–Kier alpha value is -1.51. The average molecular weight is 396 g/mol. The van der Waals surface area contributed by atoms with Crippen LogP contribution in [0.4, 0.5) is 5.69 Å². The van der Waals surface area contributed by atoms with Gasteiger partial charge in [0, 0.05) is 17.1 Å². The highest BCUT2D eigenvalue weighted by Gasteiger charge is 2.08. The molecule has 0 aliphatic heterocycles. The van der Waals surface area contributed by atoms with Crippen molar-refractivity contribution in [3.63, 3.8) is 0 Å². The van der Waals surface area contributed by atoms with Crippen molar-refractivity contribution in [2.45, 2.75) is 6.54 Å². The van der Waals surface area contributed by atoms with Gasteiger partial charge in [0.2, 0.25) is 0 Å². The molecule has 20 heavy (non-hydrogen) atoms. The Kier molecular flexibility index (Phi) is 5.05. The molecule has 2 aromatic rings. The number of nitrogens with zero attached hydrogens (tertiary/aromatic N) is 1. The van der Waals surface area contributed by atoms with Crippen LogP contribution in [0, 0.1) is 11.3 Å². The van der Waals surface area contributed by atoms with E-state index in [0.29, 0.717) is 12.1 Å². The number of halogens is 2. The van der Waals surface area contributed by atoms with Crippen LogP contribution in [0.25, 0.3) is 0 Å². The fourth-order valence-corrected chi connectivity index (χ4v) is 3.09. The molecule has 1 N–H and O–H groups in total. The lowest BCUT2D eigenvalue weighted by Crippen LogP contribution is -2.02. The Bertz CT molecular complexity index is 665. The Balaban J connectivity index is 2.21. The van der Waals surface area contributed by atoms with Gasteiger partial charge in [-0.15, -0.1) is 0 Å². The number of methoxy groups -OCH3 is 1. The van der Waals surface area contributed by atoms with Crippen LogP contribution in [0.5, 0.6) is 5.75 Å². The Morgan fingerprint density at radius 3 is 2.65 bits per heavy atom. The molecule has 0 saturated heterocycles. The summed E-state index contributed by atoms with van der Waals surface area (Å²) in [6.45, 7) is 0.577. The minimum atomic E-state index is 0.577. The Morgan fingerprint density at radius 1 is 1.20 bits per heavy atom. The van der Waals surface area contributed by atoms with E-state index in [1.807, 2.05) is 36.4 Å². The van der Waals surface area contributed by atoms with Crippen molar-refractivity contribution in [2.75, 3.05) is 12.4 Å².